The van der Waals surface area contributed by atoms with E-state index in [1.54, 1.807) is 36.4 Å². The molecule has 0 aliphatic carbocycles. The highest BCUT2D eigenvalue weighted by molar-refractivity contribution is 5.84. The number of benzene rings is 5. The van der Waals surface area contributed by atoms with E-state index >= 15 is 0 Å². The lowest BCUT2D eigenvalue weighted by Crippen LogP contribution is -2.18. The van der Waals surface area contributed by atoms with E-state index in [0.29, 0.717) is 17.2 Å². The van der Waals surface area contributed by atoms with Crippen LogP contribution in [0.25, 0.3) is 44.8 Å². The number of rotatable bonds is 7. The van der Waals surface area contributed by atoms with Gasteiger partial charge in [-0.15, -0.1) is 0 Å². The molecule has 0 fully saturated rings. The lowest BCUT2D eigenvalue weighted by Gasteiger charge is -2.16. The molecule has 5 nitrogen and oxygen atoms in total. The molecule has 6 rings (SSSR count). The molecule has 0 spiro atoms. The van der Waals surface area contributed by atoms with E-state index in [9.17, 15) is 9.90 Å². The molecule has 184 valence electrons. The van der Waals surface area contributed by atoms with Gasteiger partial charge in [0.1, 0.15) is 11.3 Å². The van der Waals surface area contributed by atoms with Crippen LogP contribution >= 0.6 is 0 Å². The van der Waals surface area contributed by atoms with Gasteiger partial charge in [0.2, 0.25) is 12.0 Å². The Morgan fingerprint density at radius 2 is 1.24 bits per heavy atom. The average molecular weight is 498 g/mol. The van der Waals surface area contributed by atoms with Gasteiger partial charge in [0.15, 0.2) is 5.58 Å². The fraction of sp³-hybridized carbons (Fsp3) is 0.0303. The second-order valence-corrected chi connectivity index (χ2v) is 8.88. The number of carboxylic acids is 1. The van der Waals surface area contributed by atoms with Crippen LogP contribution in [0.2, 0.25) is 0 Å². The second-order valence-electron chi connectivity index (χ2n) is 8.88. The van der Waals surface area contributed by atoms with Crippen molar-refractivity contribution in [3.8, 4) is 39.5 Å². The van der Waals surface area contributed by atoms with Crippen LogP contribution in [0.15, 0.2) is 132 Å². The van der Waals surface area contributed by atoms with Crippen LogP contribution in [0.5, 0.6) is 5.75 Å². The lowest BCUT2D eigenvalue weighted by atomic mass is 9.97. The number of carboxylic acid groups (broad SMARTS) is 1. The first-order chi connectivity index (χ1) is 18.7. The predicted octanol–water partition coefficient (Wildman–Crippen LogP) is 8.03. The van der Waals surface area contributed by atoms with Crippen LogP contribution in [0.4, 0.5) is 0 Å². The number of para-hydroxylation sites is 2. The minimum absolute atomic E-state index is 0.494. The van der Waals surface area contributed by atoms with E-state index in [1.807, 2.05) is 60.7 Å². The normalized spacial score (nSPS) is 11.8. The van der Waals surface area contributed by atoms with Gasteiger partial charge in [0, 0.05) is 11.1 Å². The zero-order valence-electron chi connectivity index (χ0n) is 20.3. The molecule has 0 saturated carbocycles. The van der Waals surface area contributed by atoms with Gasteiger partial charge >= 0.3 is 5.97 Å². The molecule has 0 aliphatic heterocycles. The highest BCUT2D eigenvalue weighted by Crippen LogP contribution is 2.34. The number of aromatic nitrogens is 1. The van der Waals surface area contributed by atoms with E-state index in [-0.39, 0.29) is 0 Å². The van der Waals surface area contributed by atoms with E-state index in [4.69, 9.17) is 9.15 Å². The first-order valence-electron chi connectivity index (χ1n) is 12.3. The van der Waals surface area contributed by atoms with Crippen molar-refractivity contribution in [3.63, 3.8) is 0 Å². The molecule has 0 bridgehead atoms. The molecule has 1 atom stereocenters. The summed E-state index contributed by atoms with van der Waals surface area (Å²) in [6.45, 7) is 0. The van der Waals surface area contributed by atoms with Crippen molar-refractivity contribution in [1.82, 2.24) is 4.98 Å². The van der Waals surface area contributed by atoms with Crippen LogP contribution in [-0.2, 0) is 4.79 Å². The average Bonchev–Trinajstić information content (AvgIpc) is 3.41. The summed E-state index contributed by atoms with van der Waals surface area (Å²) in [6.07, 6.45) is -1.07. The number of ether oxygens (including phenoxy) is 1. The summed E-state index contributed by atoms with van der Waals surface area (Å²) in [5, 5.41) is 9.63. The van der Waals surface area contributed by atoms with Gasteiger partial charge in [-0.3, -0.25) is 0 Å². The fourth-order valence-electron chi connectivity index (χ4n) is 4.50. The molecule has 5 aromatic carbocycles. The van der Waals surface area contributed by atoms with Crippen LogP contribution in [-0.4, -0.2) is 16.1 Å². The van der Waals surface area contributed by atoms with Crippen molar-refractivity contribution in [3.05, 3.63) is 133 Å². The van der Waals surface area contributed by atoms with Crippen molar-refractivity contribution in [2.45, 2.75) is 6.10 Å². The molecule has 6 aromatic rings. The first kappa shape index (κ1) is 23.3. The van der Waals surface area contributed by atoms with E-state index in [1.165, 1.54) is 0 Å². The number of hydrogen-bond donors (Lipinski definition) is 1. The summed E-state index contributed by atoms with van der Waals surface area (Å²) < 4.78 is 11.8. The van der Waals surface area contributed by atoms with Crippen molar-refractivity contribution >= 4 is 17.1 Å². The minimum atomic E-state index is -1.07. The Hall–Kier alpha value is -5.16. The van der Waals surface area contributed by atoms with E-state index in [2.05, 4.69) is 35.3 Å². The molecule has 1 heterocycles. The smallest absolute Gasteiger partial charge is 0.349 e. The maximum Gasteiger partial charge on any atom is 0.349 e. The summed E-state index contributed by atoms with van der Waals surface area (Å²) in [7, 11) is 0. The van der Waals surface area contributed by atoms with Crippen LogP contribution in [0.1, 0.15) is 11.7 Å². The van der Waals surface area contributed by atoms with Crippen molar-refractivity contribution in [2.75, 3.05) is 0 Å². The Balaban J connectivity index is 1.24. The van der Waals surface area contributed by atoms with E-state index in [0.717, 1.165) is 38.9 Å². The summed E-state index contributed by atoms with van der Waals surface area (Å²) in [4.78, 5) is 16.4. The third-order valence-electron chi connectivity index (χ3n) is 6.42. The van der Waals surface area contributed by atoms with Crippen molar-refractivity contribution in [1.29, 1.82) is 0 Å². The number of nitrogens with zero attached hydrogens (tertiary/aromatic N) is 1. The Bertz CT molecular complexity index is 1670. The molecule has 1 aromatic heterocycles. The number of oxazole rings is 1. The molecule has 1 unspecified atom stereocenters. The molecular formula is C33H23NO4. The summed E-state index contributed by atoms with van der Waals surface area (Å²) in [5.41, 5.74) is 7.26. The van der Waals surface area contributed by atoms with Gasteiger partial charge in [-0.05, 0) is 52.6 Å². The molecule has 5 heteroatoms. The third-order valence-corrected chi connectivity index (χ3v) is 6.42. The van der Waals surface area contributed by atoms with E-state index < -0.39 is 12.1 Å². The van der Waals surface area contributed by atoms with Gasteiger partial charge in [0.05, 0.1) is 0 Å². The number of carbonyl (C=O) groups is 1. The lowest BCUT2D eigenvalue weighted by molar-refractivity contribution is -0.145. The number of fused-ring (bicyclic) bond motifs is 1. The zero-order chi connectivity index (χ0) is 25.9. The molecule has 0 saturated heterocycles. The maximum atomic E-state index is 11.8. The minimum Gasteiger partial charge on any atom is -0.478 e. The first-order valence-corrected chi connectivity index (χ1v) is 12.3. The fourth-order valence-corrected chi connectivity index (χ4v) is 4.50. The summed E-state index contributed by atoms with van der Waals surface area (Å²) >= 11 is 0. The second kappa shape index (κ2) is 10.1. The summed E-state index contributed by atoms with van der Waals surface area (Å²) in [6, 6.07) is 40.5. The molecule has 0 aliphatic rings. The van der Waals surface area contributed by atoms with Crippen molar-refractivity contribution < 1.29 is 19.1 Å². The topological polar surface area (TPSA) is 72.6 Å². The summed E-state index contributed by atoms with van der Waals surface area (Å²) in [5.74, 6) is 0.0551. The molecular weight excluding hydrogens is 474 g/mol. The number of hydrogen-bond acceptors (Lipinski definition) is 4. The highest BCUT2D eigenvalue weighted by Gasteiger charge is 2.21. The Kier molecular flexibility index (Phi) is 6.16. The number of aliphatic carboxylic acids is 1. The van der Waals surface area contributed by atoms with Crippen LogP contribution in [0, 0.1) is 0 Å². The third kappa shape index (κ3) is 4.65. The van der Waals surface area contributed by atoms with Gasteiger partial charge in [-0.25, -0.2) is 9.78 Å². The van der Waals surface area contributed by atoms with Gasteiger partial charge < -0.3 is 14.3 Å². The largest absolute Gasteiger partial charge is 0.478 e. The van der Waals surface area contributed by atoms with Crippen LogP contribution in [0.3, 0.4) is 0 Å². The molecule has 38 heavy (non-hydrogen) atoms. The monoisotopic (exact) mass is 497 g/mol. The zero-order valence-corrected chi connectivity index (χ0v) is 20.3. The molecule has 0 amide bonds. The van der Waals surface area contributed by atoms with Gasteiger partial charge in [-0.2, -0.15) is 0 Å². The van der Waals surface area contributed by atoms with Gasteiger partial charge in [-0.1, -0.05) is 97.1 Å². The predicted molar refractivity (Wildman–Crippen MR) is 148 cm³/mol. The maximum absolute atomic E-state index is 11.8. The Morgan fingerprint density at radius 1 is 0.658 bits per heavy atom. The highest BCUT2D eigenvalue weighted by atomic mass is 16.5. The van der Waals surface area contributed by atoms with Crippen LogP contribution < -0.4 is 4.74 Å². The molecule has 0 radical (unpaired) electrons. The van der Waals surface area contributed by atoms with Gasteiger partial charge in [0.25, 0.3) is 0 Å². The Morgan fingerprint density at radius 3 is 1.92 bits per heavy atom. The standard InChI is InChI=1S/C33H23NO4/c35-33(36)31(25-8-2-1-3-9-25)37-26-20-18-23(19-21-26)22-14-16-24(17-15-22)27-10-4-5-11-28(27)32-34-29-12-6-7-13-30(29)38-32/h1-21,31H,(H,35,36). The molecule has 1 N–H and O–H groups in total. The SMILES string of the molecule is O=C(O)C(Oc1ccc(-c2ccc(-c3ccccc3-c3nc4ccccc4o3)cc2)cc1)c1ccccc1. The Labute approximate surface area is 219 Å². The van der Waals surface area contributed by atoms with Crippen molar-refractivity contribution in [2.24, 2.45) is 0 Å². The quantitative estimate of drug-likeness (QED) is 0.242.